The molecule has 3 rings (SSSR count). The topological polar surface area (TPSA) is 84.2 Å². The number of carbonyl (C=O) groups excluding carboxylic acids is 2. The molecule has 2 amide bonds. The van der Waals surface area contributed by atoms with Gasteiger partial charge in [-0.15, -0.1) is 0 Å². The molecule has 0 aliphatic rings. The number of hydrogen-bond donors (Lipinski definition) is 2. The van der Waals surface area contributed by atoms with Crippen LogP contribution in [0.5, 0.6) is 0 Å². The standard InChI is InChI=1S/C19H16BrN3O3/c1-12-17(23-19(26-12)13-7-3-2-4-8-13)18(25)21-11-16(24)22-15-10-6-5-9-14(15)20/h2-10H,11H2,1H3,(H,21,25)(H,22,24). The van der Waals surface area contributed by atoms with Crippen LogP contribution in [0.3, 0.4) is 0 Å². The molecule has 26 heavy (non-hydrogen) atoms. The highest BCUT2D eigenvalue weighted by Gasteiger charge is 2.18. The minimum absolute atomic E-state index is 0.164. The maximum atomic E-state index is 12.3. The predicted octanol–water partition coefficient (Wildman–Crippen LogP) is 3.78. The predicted molar refractivity (Wildman–Crippen MR) is 102 cm³/mol. The molecule has 6 nitrogen and oxygen atoms in total. The summed E-state index contributed by atoms with van der Waals surface area (Å²) >= 11 is 3.35. The molecule has 0 fully saturated rings. The summed E-state index contributed by atoms with van der Waals surface area (Å²) in [6.07, 6.45) is 0. The van der Waals surface area contributed by atoms with Crippen molar-refractivity contribution in [2.24, 2.45) is 0 Å². The monoisotopic (exact) mass is 413 g/mol. The highest BCUT2D eigenvalue weighted by Crippen LogP contribution is 2.22. The lowest BCUT2D eigenvalue weighted by Gasteiger charge is -2.07. The fourth-order valence-corrected chi connectivity index (χ4v) is 2.70. The maximum absolute atomic E-state index is 12.3. The molecule has 0 bridgehead atoms. The number of aryl methyl sites for hydroxylation is 1. The molecule has 3 aromatic rings. The smallest absolute Gasteiger partial charge is 0.273 e. The van der Waals surface area contributed by atoms with E-state index in [2.05, 4.69) is 31.5 Å². The van der Waals surface area contributed by atoms with Crippen LogP contribution in [0.25, 0.3) is 11.5 Å². The van der Waals surface area contributed by atoms with Gasteiger partial charge in [-0.25, -0.2) is 4.98 Å². The Labute approximate surface area is 158 Å². The van der Waals surface area contributed by atoms with Crippen LogP contribution >= 0.6 is 15.9 Å². The molecule has 0 aliphatic carbocycles. The SMILES string of the molecule is Cc1oc(-c2ccccc2)nc1C(=O)NCC(=O)Nc1ccccc1Br. The first-order valence-corrected chi connectivity index (χ1v) is 8.69. The van der Waals surface area contributed by atoms with Crippen molar-refractivity contribution in [1.82, 2.24) is 10.3 Å². The average Bonchev–Trinajstić information content (AvgIpc) is 3.04. The third kappa shape index (κ3) is 4.18. The molecule has 1 aromatic heterocycles. The van der Waals surface area contributed by atoms with Crippen molar-refractivity contribution in [3.05, 3.63) is 70.5 Å². The maximum Gasteiger partial charge on any atom is 0.273 e. The van der Waals surface area contributed by atoms with Gasteiger partial charge in [0.2, 0.25) is 11.8 Å². The first-order chi connectivity index (χ1) is 12.5. The third-order valence-electron chi connectivity index (χ3n) is 3.59. The second-order valence-electron chi connectivity index (χ2n) is 5.50. The molecular weight excluding hydrogens is 398 g/mol. The van der Waals surface area contributed by atoms with E-state index in [1.807, 2.05) is 48.5 Å². The zero-order chi connectivity index (χ0) is 18.5. The molecule has 2 aromatic carbocycles. The normalized spacial score (nSPS) is 10.4. The fourth-order valence-electron chi connectivity index (χ4n) is 2.31. The minimum Gasteiger partial charge on any atom is -0.441 e. The summed E-state index contributed by atoms with van der Waals surface area (Å²) in [7, 11) is 0. The van der Waals surface area contributed by atoms with Crippen molar-refractivity contribution in [1.29, 1.82) is 0 Å². The molecule has 132 valence electrons. The van der Waals surface area contributed by atoms with Crippen LogP contribution in [0.1, 0.15) is 16.2 Å². The Morgan fingerprint density at radius 2 is 1.77 bits per heavy atom. The van der Waals surface area contributed by atoms with E-state index in [0.29, 0.717) is 17.3 Å². The molecule has 0 spiro atoms. The molecule has 0 unspecified atom stereocenters. The van der Waals surface area contributed by atoms with E-state index in [9.17, 15) is 9.59 Å². The summed E-state index contributed by atoms with van der Waals surface area (Å²) in [5, 5.41) is 5.27. The number of nitrogens with one attached hydrogen (secondary N) is 2. The van der Waals surface area contributed by atoms with Crippen LogP contribution in [-0.4, -0.2) is 23.3 Å². The average molecular weight is 414 g/mol. The number of rotatable bonds is 5. The van der Waals surface area contributed by atoms with Crippen LogP contribution in [0.15, 0.2) is 63.5 Å². The molecule has 1 heterocycles. The second kappa shape index (κ2) is 7.97. The van der Waals surface area contributed by atoms with Crippen LogP contribution in [0.4, 0.5) is 5.69 Å². The number of aromatic nitrogens is 1. The first-order valence-electron chi connectivity index (χ1n) is 7.90. The summed E-state index contributed by atoms with van der Waals surface area (Å²) in [6, 6.07) is 16.5. The van der Waals surface area contributed by atoms with E-state index in [1.165, 1.54) is 0 Å². The van der Waals surface area contributed by atoms with Gasteiger partial charge in [0.25, 0.3) is 5.91 Å². The quantitative estimate of drug-likeness (QED) is 0.666. The van der Waals surface area contributed by atoms with Gasteiger partial charge in [-0.05, 0) is 47.1 Å². The highest BCUT2D eigenvalue weighted by molar-refractivity contribution is 9.10. The summed E-state index contributed by atoms with van der Waals surface area (Å²) in [4.78, 5) is 28.6. The Hall–Kier alpha value is -2.93. The number of benzene rings is 2. The van der Waals surface area contributed by atoms with Crippen LogP contribution in [0, 0.1) is 6.92 Å². The van der Waals surface area contributed by atoms with Gasteiger partial charge in [-0.1, -0.05) is 30.3 Å². The summed E-state index contributed by atoms with van der Waals surface area (Å²) in [5.74, 6) is -0.0381. The molecule has 0 saturated carbocycles. The Morgan fingerprint density at radius 3 is 2.50 bits per heavy atom. The van der Waals surface area contributed by atoms with Crippen molar-refractivity contribution < 1.29 is 14.0 Å². The first kappa shape index (κ1) is 17.9. The van der Waals surface area contributed by atoms with E-state index in [1.54, 1.807) is 13.0 Å². The number of oxazole rings is 1. The van der Waals surface area contributed by atoms with E-state index >= 15 is 0 Å². The van der Waals surface area contributed by atoms with Gasteiger partial charge < -0.3 is 15.1 Å². The van der Waals surface area contributed by atoms with Gasteiger partial charge in [0.15, 0.2) is 5.69 Å². The van der Waals surface area contributed by atoms with Gasteiger partial charge in [0.1, 0.15) is 5.76 Å². The van der Waals surface area contributed by atoms with Gasteiger partial charge in [-0.3, -0.25) is 9.59 Å². The Balaban J connectivity index is 1.63. The Bertz CT molecular complexity index is 938. The Morgan fingerprint density at radius 1 is 1.08 bits per heavy atom. The zero-order valence-electron chi connectivity index (χ0n) is 14.0. The molecule has 0 aliphatic heterocycles. The van der Waals surface area contributed by atoms with E-state index in [-0.39, 0.29) is 18.1 Å². The van der Waals surface area contributed by atoms with Crippen molar-refractivity contribution in [3.8, 4) is 11.5 Å². The van der Waals surface area contributed by atoms with Gasteiger partial charge in [0, 0.05) is 10.0 Å². The van der Waals surface area contributed by atoms with Crippen molar-refractivity contribution in [2.45, 2.75) is 6.92 Å². The van der Waals surface area contributed by atoms with Crippen LogP contribution in [-0.2, 0) is 4.79 Å². The number of para-hydroxylation sites is 1. The zero-order valence-corrected chi connectivity index (χ0v) is 15.5. The number of hydrogen-bond acceptors (Lipinski definition) is 4. The van der Waals surface area contributed by atoms with E-state index in [0.717, 1.165) is 10.0 Å². The van der Waals surface area contributed by atoms with E-state index < -0.39 is 5.91 Å². The molecule has 0 saturated heterocycles. The summed E-state index contributed by atoms with van der Waals surface area (Å²) < 4.78 is 6.32. The van der Waals surface area contributed by atoms with Gasteiger partial charge in [0.05, 0.1) is 12.2 Å². The number of halogens is 1. The number of carbonyl (C=O) groups is 2. The second-order valence-corrected chi connectivity index (χ2v) is 6.35. The molecule has 0 radical (unpaired) electrons. The lowest BCUT2D eigenvalue weighted by molar-refractivity contribution is -0.115. The molecule has 7 heteroatoms. The van der Waals surface area contributed by atoms with Crippen molar-refractivity contribution in [3.63, 3.8) is 0 Å². The fraction of sp³-hybridized carbons (Fsp3) is 0.105. The summed E-state index contributed by atoms with van der Waals surface area (Å²) in [5.41, 5.74) is 1.58. The van der Waals surface area contributed by atoms with Gasteiger partial charge >= 0.3 is 0 Å². The van der Waals surface area contributed by atoms with Crippen LogP contribution in [0.2, 0.25) is 0 Å². The number of nitrogens with zero attached hydrogens (tertiary/aromatic N) is 1. The lowest BCUT2D eigenvalue weighted by Crippen LogP contribution is -2.33. The highest BCUT2D eigenvalue weighted by atomic mass is 79.9. The Kier molecular flexibility index (Phi) is 5.48. The van der Waals surface area contributed by atoms with Crippen LogP contribution < -0.4 is 10.6 Å². The van der Waals surface area contributed by atoms with E-state index in [4.69, 9.17) is 4.42 Å². The molecular formula is C19H16BrN3O3. The molecule has 2 N–H and O–H groups in total. The minimum atomic E-state index is -0.462. The largest absolute Gasteiger partial charge is 0.441 e. The van der Waals surface area contributed by atoms with Crippen molar-refractivity contribution >= 4 is 33.4 Å². The van der Waals surface area contributed by atoms with Crippen molar-refractivity contribution in [2.75, 3.05) is 11.9 Å². The van der Waals surface area contributed by atoms with Gasteiger partial charge in [-0.2, -0.15) is 0 Å². The third-order valence-corrected chi connectivity index (χ3v) is 4.28. The summed E-state index contributed by atoms with van der Waals surface area (Å²) in [6.45, 7) is 1.49. The lowest BCUT2D eigenvalue weighted by atomic mass is 10.2. The number of anilines is 1. The molecule has 0 atom stereocenters. The number of amides is 2.